The van der Waals surface area contributed by atoms with E-state index < -0.39 is 11.8 Å². The molecule has 1 rings (SSSR count). The molecule has 0 unspecified atom stereocenters. The Kier molecular flexibility index (Phi) is 4.12. The Morgan fingerprint density at radius 2 is 2.00 bits per heavy atom. The fourth-order valence-electron chi connectivity index (χ4n) is 1.04. The molecule has 0 amide bonds. The Morgan fingerprint density at radius 3 is 2.53 bits per heavy atom. The predicted molar refractivity (Wildman–Crippen MR) is 63.7 cm³/mol. The van der Waals surface area contributed by atoms with Crippen LogP contribution in [-0.2, 0) is 4.74 Å². The molecular formula is C12H13ClO4. The van der Waals surface area contributed by atoms with E-state index >= 15 is 0 Å². The molecule has 0 atom stereocenters. The van der Waals surface area contributed by atoms with Crippen molar-refractivity contribution in [1.29, 1.82) is 0 Å². The maximum Gasteiger partial charge on any atom is 0.514 e. The lowest BCUT2D eigenvalue weighted by molar-refractivity contribution is 0.0206. The zero-order chi connectivity index (χ0) is 13.1. The van der Waals surface area contributed by atoms with Crippen LogP contribution in [0.5, 0.6) is 5.75 Å². The van der Waals surface area contributed by atoms with Crippen molar-refractivity contribution in [3.8, 4) is 5.75 Å². The fraction of sp³-hybridized carbons (Fsp3) is 0.333. The van der Waals surface area contributed by atoms with Crippen molar-refractivity contribution in [1.82, 2.24) is 0 Å². The topological polar surface area (TPSA) is 52.6 Å². The molecule has 0 heterocycles. The van der Waals surface area contributed by atoms with E-state index in [-0.39, 0.29) is 11.3 Å². The lowest BCUT2D eigenvalue weighted by Crippen LogP contribution is -2.26. The van der Waals surface area contributed by atoms with E-state index in [9.17, 15) is 9.59 Å². The van der Waals surface area contributed by atoms with Gasteiger partial charge in [-0.25, -0.2) is 4.79 Å². The normalized spacial score (nSPS) is 10.8. The van der Waals surface area contributed by atoms with Gasteiger partial charge >= 0.3 is 6.16 Å². The molecular weight excluding hydrogens is 244 g/mol. The van der Waals surface area contributed by atoms with E-state index in [4.69, 9.17) is 21.1 Å². The lowest BCUT2D eigenvalue weighted by Gasteiger charge is -2.18. The van der Waals surface area contributed by atoms with Crippen molar-refractivity contribution < 1.29 is 19.1 Å². The van der Waals surface area contributed by atoms with Crippen molar-refractivity contribution in [2.45, 2.75) is 26.4 Å². The highest BCUT2D eigenvalue weighted by molar-refractivity contribution is 6.33. The van der Waals surface area contributed by atoms with Crippen LogP contribution in [0.1, 0.15) is 31.1 Å². The van der Waals surface area contributed by atoms with Crippen LogP contribution in [0.15, 0.2) is 18.2 Å². The van der Waals surface area contributed by atoms with Gasteiger partial charge in [-0.15, -0.1) is 0 Å². The van der Waals surface area contributed by atoms with Crippen LogP contribution < -0.4 is 4.74 Å². The Labute approximate surface area is 104 Å². The van der Waals surface area contributed by atoms with Crippen molar-refractivity contribution in [3.05, 3.63) is 28.8 Å². The minimum Gasteiger partial charge on any atom is -0.428 e. The van der Waals surface area contributed by atoms with Gasteiger partial charge in [0, 0.05) is 5.56 Å². The molecule has 0 N–H and O–H groups in total. The number of carbonyl (C=O) groups excluding carboxylic acids is 2. The molecule has 4 nitrogen and oxygen atoms in total. The maximum atomic E-state index is 11.3. The third-order valence-electron chi connectivity index (χ3n) is 1.69. The Balaban J connectivity index is 2.75. The third-order valence-corrected chi connectivity index (χ3v) is 2.03. The molecule has 92 valence electrons. The number of hydrogen-bond acceptors (Lipinski definition) is 4. The summed E-state index contributed by atoms with van der Waals surface area (Å²) in [6.45, 7) is 5.19. The van der Waals surface area contributed by atoms with Crippen LogP contribution >= 0.6 is 11.6 Å². The highest BCUT2D eigenvalue weighted by Gasteiger charge is 2.18. The van der Waals surface area contributed by atoms with Gasteiger partial charge in [-0.3, -0.25) is 4.79 Å². The van der Waals surface area contributed by atoms with Crippen LogP contribution in [-0.4, -0.2) is 18.0 Å². The van der Waals surface area contributed by atoms with Gasteiger partial charge in [-0.2, -0.15) is 0 Å². The van der Waals surface area contributed by atoms with Crippen molar-refractivity contribution in [2.24, 2.45) is 0 Å². The molecule has 0 saturated carbocycles. The molecule has 0 aliphatic rings. The second kappa shape index (κ2) is 5.19. The summed E-state index contributed by atoms with van der Waals surface area (Å²) in [5.74, 6) is 0.214. The molecule has 0 spiro atoms. The second-order valence-corrected chi connectivity index (χ2v) is 4.77. The lowest BCUT2D eigenvalue weighted by atomic mass is 10.2. The monoisotopic (exact) mass is 256 g/mol. The van der Waals surface area contributed by atoms with Gasteiger partial charge in [-0.1, -0.05) is 11.6 Å². The third kappa shape index (κ3) is 4.44. The second-order valence-electron chi connectivity index (χ2n) is 4.37. The number of benzene rings is 1. The highest BCUT2D eigenvalue weighted by atomic mass is 35.5. The zero-order valence-electron chi connectivity index (χ0n) is 9.82. The van der Waals surface area contributed by atoms with Crippen LogP contribution in [0.3, 0.4) is 0 Å². The van der Waals surface area contributed by atoms with Gasteiger partial charge in [-0.05, 0) is 39.0 Å². The number of carbonyl (C=O) groups is 2. The molecule has 1 aromatic carbocycles. The van der Waals surface area contributed by atoms with E-state index in [1.54, 1.807) is 20.8 Å². The highest BCUT2D eigenvalue weighted by Crippen LogP contribution is 2.21. The summed E-state index contributed by atoms with van der Waals surface area (Å²) in [5, 5.41) is 0.302. The van der Waals surface area contributed by atoms with Gasteiger partial charge in [0.05, 0.1) is 5.02 Å². The molecule has 0 aliphatic carbocycles. The first-order chi connectivity index (χ1) is 7.81. The van der Waals surface area contributed by atoms with Gasteiger partial charge in [0.2, 0.25) is 0 Å². The molecule has 0 radical (unpaired) electrons. The van der Waals surface area contributed by atoms with Gasteiger partial charge < -0.3 is 9.47 Å². The molecule has 0 aliphatic heterocycles. The summed E-state index contributed by atoms with van der Waals surface area (Å²) in [5.41, 5.74) is -0.371. The van der Waals surface area contributed by atoms with Crippen molar-refractivity contribution in [3.63, 3.8) is 0 Å². The number of halogens is 1. The maximum absolute atomic E-state index is 11.3. The van der Waals surface area contributed by atoms with E-state index in [2.05, 4.69) is 0 Å². The minimum absolute atomic E-state index is 0.214. The van der Waals surface area contributed by atoms with Gasteiger partial charge in [0.1, 0.15) is 11.4 Å². The molecule has 5 heteroatoms. The van der Waals surface area contributed by atoms with Crippen LogP contribution in [0.2, 0.25) is 5.02 Å². The van der Waals surface area contributed by atoms with Gasteiger partial charge in [0.25, 0.3) is 0 Å². The van der Waals surface area contributed by atoms with Crippen LogP contribution in [0.4, 0.5) is 4.79 Å². The van der Waals surface area contributed by atoms with Crippen molar-refractivity contribution in [2.75, 3.05) is 0 Å². The van der Waals surface area contributed by atoms with E-state index in [0.717, 1.165) is 0 Å². The average Bonchev–Trinajstić information content (AvgIpc) is 2.18. The predicted octanol–water partition coefficient (Wildman–Crippen LogP) is 3.47. The quantitative estimate of drug-likeness (QED) is 0.462. The smallest absolute Gasteiger partial charge is 0.428 e. The first kappa shape index (κ1) is 13.5. The average molecular weight is 257 g/mol. The summed E-state index contributed by atoms with van der Waals surface area (Å²) in [4.78, 5) is 22.0. The summed E-state index contributed by atoms with van der Waals surface area (Å²) in [6.07, 6.45) is -0.235. The molecule has 0 bridgehead atoms. The fourth-order valence-corrected chi connectivity index (χ4v) is 1.20. The molecule has 0 saturated heterocycles. The number of ether oxygens (including phenoxy) is 2. The SMILES string of the molecule is CC(C)(C)OC(=O)Oc1ccc(Cl)c(C=O)c1. The first-order valence-electron chi connectivity index (χ1n) is 4.97. The summed E-state index contributed by atoms with van der Waals surface area (Å²) >= 11 is 5.74. The molecule has 0 aromatic heterocycles. The van der Waals surface area contributed by atoms with E-state index in [1.807, 2.05) is 0 Å². The Morgan fingerprint density at radius 1 is 1.35 bits per heavy atom. The Bertz CT molecular complexity index is 435. The summed E-state index contributed by atoms with van der Waals surface area (Å²) in [7, 11) is 0. The summed E-state index contributed by atoms with van der Waals surface area (Å²) < 4.78 is 9.87. The number of aldehydes is 1. The van der Waals surface area contributed by atoms with Crippen LogP contribution in [0.25, 0.3) is 0 Å². The van der Waals surface area contributed by atoms with Gasteiger partial charge in [0.15, 0.2) is 6.29 Å². The Hall–Kier alpha value is -1.55. The first-order valence-corrected chi connectivity index (χ1v) is 5.35. The minimum atomic E-state index is -0.823. The van der Waals surface area contributed by atoms with E-state index in [0.29, 0.717) is 11.3 Å². The number of hydrogen-bond donors (Lipinski definition) is 0. The largest absolute Gasteiger partial charge is 0.514 e. The van der Waals surface area contributed by atoms with Crippen LogP contribution in [0, 0.1) is 0 Å². The standard InChI is InChI=1S/C12H13ClO4/c1-12(2,3)17-11(15)16-9-4-5-10(13)8(6-9)7-14/h4-7H,1-3H3. The van der Waals surface area contributed by atoms with Crippen molar-refractivity contribution >= 4 is 24.0 Å². The summed E-state index contributed by atoms with van der Waals surface area (Å²) in [6, 6.07) is 4.34. The molecule has 1 aromatic rings. The van der Waals surface area contributed by atoms with E-state index in [1.165, 1.54) is 18.2 Å². The molecule has 0 fully saturated rings. The number of rotatable bonds is 2. The molecule has 17 heavy (non-hydrogen) atoms. The zero-order valence-corrected chi connectivity index (χ0v) is 10.6.